The van der Waals surface area contributed by atoms with Crippen LogP contribution in [0, 0.1) is 56.2 Å². The topological polar surface area (TPSA) is 119 Å². The van der Waals surface area contributed by atoms with Gasteiger partial charge in [-0.1, -0.05) is 78.8 Å². The first-order chi connectivity index (χ1) is 25.1. The third-order valence-electron chi connectivity index (χ3n) is 16.3. The summed E-state index contributed by atoms with van der Waals surface area (Å²) in [7, 11) is 0. The molecule has 54 heavy (non-hydrogen) atoms. The van der Waals surface area contributed by atoms with E-state index in [0.29, 0.717) is 31.3 Å². The second-order valence-corrected chi connectivity index (χ2v) is 20.3. The van der Waals surface area contributed by atoms with Gasteiger partial charge in [0.05, 0.1) is 11.8 Å². The van der Waals surface area contributed by atoms with Gasteiger partial charge in [0.1, 0.15) is 12.2 Å². The van der Waals surface area contributed by atoms with E-state index >= 15 is 0 Å². The summed E-state index contributed by atoms with van der Waals surface area (Å²) < 4.78 is 12.5. The fourth-order valence-corrected chi connectivity index (χ4v) is 13.4. The van der Waals surface area contributed by atoms with Crippen LogP contribution in [-0.2, 0) is 35.2 Å². The molecule has 0 heterocycles. The lowest BCUT2D eigenvalue weighted by Gasteiger charge is -2.72. The van der Waals surface area contributed by atoms with E-state index in [2.05, 4.69) is 65.9 Å². The molecule has 8 nitrogen and oxygen atoms in total. The van der Waals surface area contributed by atoms with Crippen molar-refractivity contribution in [2.24, 2.45) is 56.2 Å². The number of allylic oxidation sites excluding steroid dienone is 1. The van der Waals surface area contributed by atoms with Gasteiger partial charge in [-0.3, -0.25) is 19.2 Å². The first kappa shape index (κ1) is 40.7. The summed E-state index contributed by atoms with van der Waals surface area (Å²) in [4.78, 5) is 51.9. The van der Waals surface area contributed by atoms with Crippen LogP contribution in [0.1, 0.15) is 139 Å². The van der Waals surface area contributed by atoms with E-state index in [4.69, 9.17) is 9.47 Å². The van der Waals surface area contributed by atoms with Gasteiger partial charge in [0.2, 0.25) is 0 Å². The number of ketones is 1. The van der Waals surface area contributed by atoms with Gasteiger partial charge in [-0.2, -0.15) is 0 Å². The fraction of sp³-hybridized carbons (Fsp3) is 0.739. The lowest BCUT2D eigenvalue weighted by Crippen LogP contribution is -2.66. The number of Topliss-reactive ketones (excluding diaryl/α,β-unsaturated/α-hetero) is 1. The number of aliphatic carboxylic acids is 1. The minimum atomic E-state index is -1.17. The number of carboxylic acid groups (broad SMARTS) is 1. The summed E-state index contributed by atoms with van der Waals surface area (Å²) >= 11 is 0. The Labute approximate surface area is 324 Å². The van der Waals surface area contributed by atoms with Gasteiger partial charge in [0.25, 0.3) is 0 Å². The lowest BCUT2D eigenvalue weighted by atomic mass is 9.33. The molecule has 4 fully saturated rings. The van der Waals surface area contributed by atoms with Crippen LogP contribution >= 0.6 is 0 Å². The van der Waals surface area contributed by atoms with E-state index in [1.807, 2.05) is 18.2 Å². The van der Waals surface area contributed by atoms with Gasteiger partial charge in [0, 0.05) is 37.3 Å². The van der Waals surface area contributed by atoms with Crippen molar-refractivity contribution >= 4 is 23.7 Å². The molecule has 0 bridgehead atoms. The van der Waals surface area contributed by atoms with Crippen molar-refractivity contribution in [3.8, 4) is 0 Å². The first-order valence-electron chi connectivity index (χ1n) is 20.8. The van der Waals surface area contributed by atoms with Crippen molar-refractivity contribution in [3.05, 3.63) is 47.0 Å². The smallest absolute Gasteiger partial charge is 0.309 e. The van der Waals surface area contributed by atoms with Crippen molar-refractivity contribution in [2.45, 2.75) is 152 Å². The number of rotatable bonds is 11. The number of ether oxygens (including phenoxy) is 2. The van der Waals surface area contributed by atoms with Crippen LogP contribution in [0.2, 0.25) is 0 Å². The third-order valence-corrected chi connectivity index (χ3v) is 16.3. The molecule has 5 aliphatic rings. The Kier molecular flexibility index (Phi) is 10.7. The molecule has 0 aromatic heterocycles. The van der Waals surface area contributed by atoms with Crippen LogP contribution in [0.4, 0.5) is 0 Å². The van der Waals surface area contributed by atoms with Crippen LogP contribution in [0.15, 0.2) is 41.5 Å². The zero-order valence-electron chi connectivity index (χ0n) is 34.7. The maximum Gasteiger partial charge on any atom is 0.309 e. The monoisotopic (exact) mass is 745 g/mol. The molecule has 2 N–H and O–H groups in total. The number of carboxylic acids is 1. The number of benzene rings is 1. The molecule has 1 aromatic carbocycles. The Morgan fingerprint density at radius 1 is 0.907 bits per heavy atom. The summed E-state index contributed by atoms with van der Waals surface area (Å²) in [6.07, 6.45) is 7.29. The molecule has 0 amide bonds. The first-order valence-corrected chi connectivity index (χ1v) is 20.8. The highest BCUT2D eigenvalue weighted by atomic mass is 16.5. The summed E-state index contributed by atoms with van der Waals surface area (Å²) in [6.45, 7) is 22.3. The number of nitrogens with one attached hydrogen (secondary N) is 1. The van der Waals surface area contributed by atoms with Gasteiger partial charge < -0.3 is 19.9 Å². The van der Waals surface area contributed by atoms with Gasteiger partial charge >= 0.3 is 17.9 Å². The van der Waals surface area contributed by atoms with E-state index in [1.54, 1.807) is 13.8 Å². The molecule has 3 unspecified atom stereocenters. The highest BCUT2D eigenvalue weighted by molar-refractivity contribution is 6.01. The zero-order chi connectivity index (χ0) is 39.6. The Bertz CT molecular complexity index is 1680. The maximum atomic E-state index is 14.3. The third kappa shape index (κ3) is 6.48. The molecule has 4 saturated carbocycles. The molecule has 298 valence electrons. The van der Waals surface area contributed by atoms with Crippen LogP contribution in [-0.4, -0.2) is 47.6 Å². The highest BCUT2D eigenvalue weighted by Crippen LogP contribution is 2.77. The molecule has 8 heteroatoms. The Balaban J connectivity index is 1.30. The molecule has 0 spiro atoms. The van der Waals surface area contributed by atoms with E-state index < -0.39 is 28.9 Å². The van der Waals surface area contributed by atoms with Gasteiger partial charge in [0.15, 0.2) is 5.78 Å². The number of hydrogen-bond donors (Lipinski definition) is 2. The van der Waals surface area contributed by atoms with Crippen molar-refractivity contribution in [2.75, 3.05) is 6.54 Å². The quantitative estimate of drug-likeness (QED) is 0.216. The fourth-order valence-electron chi connectivity index (χ4n) is 13.4. The summed E-state index contributed by atoms with van der Waals surface area (Å²) in [5.74, 6) is -0.350. The number of carbonyl (C=O) groups excluding carboxylic acids is 3. The molecule has 6 rings (SSSR count). The SMILES string of the molecule is CC(=O)OC(CNCc1ccccc1)C12CC[C@]3(C)[C@H](CC[C@@H]4[C@@]5(C)CC[C@H](OC(=O)CC(C)(C)C(=O)O)C(C)(C)C5CC[C@]43C)C1=C(C(C)C)C(=O)C2. The summed E-state index contributed by atoms with van der Waals surface area (Å²) in [5, 5.41) is 13.2. The van der Waals surface area contributed by atoms with E-state index in [0.717, 1.165) is 56.9 Å². The molecule has 0 radical (unpaired) electrons. The van der Waals surface area contributed by atoms with Crippen LogP contribution in [0.3, 0.4) is 0 Å². The van der Waals surface area contributed by atoms with Crippen LogP contribution in [0.25, 0.3) is 0 Å². The standard InChI is InChI=1S/C46H67NO7/c1-28(2)38-32(49)24-46(36(53-29(3)48)27-47-26-30-14-12-11-13-15-30)23-22-44(9)31(39(38)46)16-17-34-43(8)20-19-35(54-37(50)25-41(4,5)40(51)52)42(6,7)33(43)18-21-45(34,44)10/h11-15,28,31,33-36,47H,16-27H2,1-10H3,(H,51,52)/t31-,33?,34-,35+,36?,43+,44-,45-,46?/m1/s1. The molecular formula is C46H67NO7. The molecule has 5 aliphatic carbocycles. The highest BCUT2D eigenvalue weighted by Gasteiger charge is 2.71. The van der Waals surface area contributed by atoms with Gasteiger partial charge in [-0.05, 0) is 122 Å². The predicted octanol–water partition coefficient (Wildman–Crippen LogP) is 9.10. The van der Waals surface area contributed by atoms with Crippen molar-refractivity contribution in [3.63, 3.8) is 0 Å². The Hall–Kier alpha value is -3.00. The molecular weight excluding hydrogens is 679 g/mol. The van der Waals surface area contributed by atoms with Crippen molar-refractivity contribution < 1.29 is 33.8 Å². The van der Waals surface area contributed by atoms with Gasteiger partial charge in [-0.25, -0.2) is 0 Å². The average Bonchev–Trinajstić information content (AvgIpc) is 3.39. The summed E-state index contributed by atoms with van der Waals surface area (Å²) in [5.41, 5.74) is 1.55. The molecule has 0 aliphatic heterocycles. The minimum absolute atomic E-state index is 0.0294. The van der Waals surface area contributed by atoms with Gasteiger partial charge in [-0.15, -0.1) is 0 Å². The normalized spacial score (nSPS) is 36.4. The second kappa shape index (κ2) is 14.2. The Morgan fingerprint density at radius 2 is 1.59 bits per heavy atom. The van der Waals surface area contributed by atoms with Crippen LogP contribution in [0.5, 0.6) is 0 Å². The number of carbonyl (C=O) groups is 4. The Morgan fingerprint density at radius 3 is 2.22 bits per heavy atom. The molecule has 1 aromatic rings. The van der Waals surface area contributed by atoms with E-state index in [9.17, 15) is 24.3 Å². The molecule has 9 atom stereocenters. The predicted molar refractivity (Wildman–Crippen MR) is 209 cm³/mol. The van der Waals surface area contributed by atoms with E-state index in [-0.39, 0.29) is 57.8 Å². The lowest BCUT2D eigenvalue weighted by molar-refractivity contribution is -0.235. The largest absolute Gasteiger partial charge is 0.481 e. The number of hydrogen-bond acceptors (Lipinski definition) is 7. The zero-order valence-corrected chi connectivity index (χ0v) is 34.7. The average molecular weight is 746 g/mol. The van der Waals surface area contributed by atoms with Crippen molar-refractivity contribution in [1.82, 2.24) is 5.32 Å². The minimum Gasteiger partial charge on any atom is -0.481 e. The summed E-state index contributed by atoms with van der Waals surface area (Å²) in [6, 6.07) is 10.3. The second-order valence-electron chi connectivity index (χ2n) is 20.3. The number of fused-ring (bicyclic) bond motifs is 7. The van der Waals surface area contributed by atoms with E-state index in [1.165, 1.54) is 18.1 Å². The maximum absolute atomic E-state index is 14.3. The van der Waals surface area contributed by atoms with Crippen molar-refractivity contribution in [1.29, 1.82) is 0 Å². The molecule has 0 saturated heterocycles. The van der Waals surface area contributed by atoms with Crippen LogP contribution < -0.4 is 5.32 Å². The number of esters is 2.